The third-order valence-electron chi connectivity index (χ3n) is 5.16. The van der Waals surface area contributed by atoms with Crippen LogP contribution in [0.3, 0.4) is 0 Å². The fourth-order valence-corrected chi connectivity index (χ4v) is 4.66. The lowest BCUT2D eigenvalue weighted by atomic mass is 10.1. The molecule has 0 aliphatic heterocycles. The smallest absolute Gasteiger partial charge is 0.243 e. The summed E-state index contributed by atoms with van der Waals surface area (Å²) in [4.78, 5) is 27.9. The molecule has 0 fully saturated rings. The molecule has 2 unspecified atom stereocenters. The van der Waals surface area contributed by atoms with Crippen molar-refractivity contribution < 1.29 is 9.59 Å². The Hall–Kier alpha value is -1.40. The van der Waals surface area contributed by atoms with Crippen molar-refractivity contribution in [2.24, 2.45) is 0 Å². The van der Waals surface area contributed by atoms with Crippen molar-refractivity contribution in [3.63, 3.8) is 0 Å². The standard InChI is InChI=1S/C24H29Cl3N2O2S/c1-4-16(3)28-24(31)22(5-2)29(13-17-10-11-20(26)21(27)12-17)23(30)15-32-14-18-8-6-7-9-19(18)25/h6-12,16,22H,4-5,13-15H2,1-3H3,(H,28,31). The van der Waals surface area contributed by atoms with E-state index in [-0.39, 0.29) is 30.2 Å². The van der Waals surface area contributed by atoms with Crippen LogP contribution < -0.4 is 5.32 Å². The van der Waals surface area contributed by atoms with E-state index in [1.54, 1.807) is 17.0 Å². The Labute approximate surface area is 210 Å². The Morgan fingerprint density at radius 3 is 2.34 bits per heavy atom. The molecule has 8 heteroatoms. The first kappa shape index (κ1) is 26.8. The normalized spacial score (nSPS) is 12.8. The Balaban J connectivity index is 2.18. The van der Waals surface area contributed by atoms with Gasteiger partial charge in [-0.1, -0.05) is 72.9 Å². The number of hydrogen-bond donors (Lipinski definition) is 1. The lowest BCUT2D eigenvalue weighted by Gasteiger charge is -2.31. The maximum absolute atomic E-state index is 13.3. The molecule has 174 valence electrons. The van der Waals surface area contributed by atoms with Crippen LogP contribution in [-0.4, -0.2) is 34.6 Å². The molecule has 2 amide bonds. The second kappa shape index (κ2) is 13.3. The van der Waals surface area contributed by atoms with Crippen molar-refractivity contribution in [2.45, 2.75) is 58.0 Å². The Morgan fingerprint density at radius 2 is 1.72 bits per heavy atom. The summed E-state index contributed by atoms with van der Waals surface area (Å²) in [5.41, 5.74) is 1.79. The number of nitrogens with one attached hydrogen (secondary N) is 1. The summed E-state index contributed by atoms with van der Waals surface area (Å²) in [5.74, 6) is 0.590. The van der Waals surface area contributed by atoms with E-state index in [4.69, 9.17) is 34.8 Å². The number of hydrogen-bond acceptors (Lipinski definition) is 3. The van der Waals surface area contributed by atoms with Crippen molar-refractivity contribution >= 4 is 58.4 Å². The van der Waals surface area contributed by atoms with Gasteiger partial charge in [0.1, 0.15) is 6.04 Å². The molecule has 1 N–H and O–H groups in total. The van der Waals surface area contributed by atoms with Crippen LogP contribution >= 0.6 is 46.6 Å². The van der Waals surface area contributed by atoms with Crippen LogP contribution in [0.15, 0.2) is 42.5 Å². The second-order valence-corrected chi connectivity index (χ2v) is 9.80. The first-order valence-electron chi connectivity index (χ1n) is 10.6. The van der Waals surface area contributed by atoms with Gasteiger partial charge >= 0.3 is 0 Å². The van der Waals surface area contributed by atoms with Crippen LogP contribution in [0.2, 0.25) is 15.1 Å². The number of nitrogens with zero attached hydrogens (tertiary/aromatic N) is 1. The van der Waals surface area contributed by atoms with E-state index < -0.39 is 6.04 Å². The summed E-state index contributed by atoms with van der Waals surface area (Å²) >= 11 is 19.9. The monoisotopic (exact) mass is 514 g/mol. The third kappa shape index (κ3) is 7.87. The van der Waals surface area contributed by atoms with Gasteiger partial charge in [-0.3, -0.25) is 9.59 Å². The molecule has 2 atom stereocenters. The number of halogens is 3. The summed E-state index contributed by atoms with van der Waals surface area (Å²) in [6.45, 7) is 6.15. The van der Waals surface area contributed by atoms with Gasteiger partial charge in [-0.15, -0.1) is 11.8 Å². The molecule has 0 aliphatic rings. The highest BCUT2D eigenvalue weighted by Crippen LogP contribution is 2.25. The van der Waals surface area contributed by atoms with Gasteiger partial charge in [0.15, 0.2) is 0 Å². The maximum atomic E-state index is 13.3. The van der Waals surface area contributed by atoms with Crippen LogP contribution in [0.4, 0.5) is 0 Å². The van der Waals surface area contributed by atoms with Crippen molar-refractivity contribution in [3.05, 3.63) is 68.7 Å². The number of amides is 2. The molecule has 2 rings (SSSR count). The van der Waals surface area contributed by atoms with E-state index in [2.05, 4.69) is 5.32 Å². The summed E-state index contributed by atoms with van der Waals surface area (Å²) in [5, 5.41) is 4.55. The Morgan fingerprint density at radius 1 is 1.00 bits per heavy atom. The largest absolute Gasteiger partial charge is 0.352 e. The number of carbonyl (C=O) groups is 2. The zero-order valence-electron chi connectivity index (χ0n) is 18.5. The van der Waals surface area contributed by atoms with Gasteiger partial charge in [-0.2, -0.15) is 0 Å². The average Bonchev–Trinajstić information content (AvgIpc) is 2.77. The first-order valence-corrected chi connectivity index (χ1v) is 12.9. The third-order valence-corrected chi connectivity index (χ3v) is 7.24. The van der Waals surface area contributed by atoms with Crippen LogP contribution in [0, 0.1) is 0 Å². The predicted molar refractivity (Wildman–Crippen MR) is 137 cm³/mol. The highest BCUT2D eigenvalue weighted by molar-refractivity contribution is 7.99. The van der Waals surface area contributed by atoms with E-state index in [9.17, 15) is 9.59 Å². The fourth-order valence-electron chi connectivity index (χ4n) is 3.14. The minimum Gasteiger partial charge on any atom is -0.352 e. The van der Waals surface area contributed by atoms with E-state index in [1.165, 1.54) is 11.8 Å². The second-order valence-electron chi connectivity index (χ2n) is 7.60. The molecule has 0 saturated carbocycles. The Bertz CT molecular complexity index is 926. The molecule has 2 aromatic rings. The zero-order valence-corrected chi connectivity index (χ0v) is 21.6. The lowest BCUT2D eigenvalue weighted by molar-refractivity contribution is -0.139. The SMILES string of the molecule is CCC(C)NC(=O)C(CC)N(Cc1ccc(Cl)c(Cl)c1)C(=O)CSCc1ccccc1Cl. The molecule has 0 saturated heterocycles. The first-order chi connectivity index (χ1) is 15.3. The number of thioether (sulfide) groups is 1. The number of rotatable bonds is 11. The van der Waals surface area contributed by atoms with Crippen LogP contribution in [0.5, 0.6) is 0 Å². The van der Waals surface area contributed by atoms with E-state index in [0.717, 1.165) is 17.5 Å². The van der Waals surface area contributed by atoms with Crippen molar-refractivity contribution in [1.29, 1.82) is 0 Å². The molecular weight excluding hydrogens is 487 g/mol. The number of carbonyl (C=O) groups excluding carboxylic acids is 2. The van der Waals surface area contributed by atoms with Crippen LogP contribution in [0.1, 0.15) is 44.7 Å². The van der Waals surface area contributed by atoms with Crippen molar-refractivity contribution in [1.82, 2.24) is 10.2 Å². The van der Waals surface area contributed by atoms with E-state index in [1.807, 2.05) is 51.1 Å². The summed E-state index contributed by atoms with van der Waals surface area (Å²) in [6.07, 6.45) is 1.32. The Kier molecular flexibility index (Phi) is 11.2. The van der Waals surface area contributed by atoms with Crippen LogP contribution in [0.25, 0.3) is 0 Å². The van der Waals surface area contributed by atoms with Gasteiger partial charge in [0.25, 0.3) is 0 Å². The molecule has 0 heterocycles. The molecule has 0 aliphatic carbocycles. The molecular formula is C24H29Cl3N2O2S. The van der Waals surface area contributed by atoms with Gasteiger partial charge in [0.05, 0.1) is 15.8 Å². The van der Waals surface area contributed by atoms with Gasteiger partial charge in [0.2, 0.25) is 11.8 Å². The summed E-state index contributed by atoms with van der Waals surface area (Å²) in [7, 11) is 0. The highest BCUT2D eigenvalue weighted by Gasteiger charge is 2.29. The maximum Gasteiger partial charge on any atom is 0.243 e. The van der Waals surface area contributed by atoms with Crippen LogP contribution in [-0.2, 0) is 21.9 Å². The fraction of sp³-hybridized carbons (Fsp3) is 0.417. The molecule has 0 spiro atoms. The minimum absolute atomic E-state index is 0.0353. The molecule has 0 radical (unpaired) electrons. The van der Waals surface area contributed by atoms with E-state index in [0.29, 0.717) is 27.2 Å². The minimum atomic E-state index is -0.577. The highest BCUT2D eigenvalue weighted by atomic mass is 35.5. The van der Waals surface area contributed by atoms with Gasteiger partial charge in [-0.05, 0) is 49.1 Å². The topological polar surface area (TPSA) is 49.4 Å². The summed E-state index contributed by atoms with van der Waals surface area (Å²) in [6, 6.07) is 12.3. The van der Waals surface area contributed by atoms with Crippen molar-refractivity contribution in [3.8, 4) is 0 Å². The van der Waals surface area contributed by atoms with E-state index >= 15 is 0 Å². The number of benzene rings is 2. The van der Waals surface area contributed by atoms with Gasteiger partial charge in [0, 0.05) is 23.4 Å². The van der Waals surface area contributed by atoms with Gasteiger partial charge in [-0.25, -0.2) is 0 Å². The molecule has 0 bridgehead atoms. The molecule has 32 heavy (non-hydrogen) atoms. The molecule has 4 nitrogen and oxygen atoms in total. The zero-order chi connectivity index (χ0) is 23.7. The van der Waals surface area contributed by atoms with Crippen molar-refractivity contribution in [2.75, 3.05) is 5.75 Å². The molecule has 2 aromatic carbocycles. The summed E-state index contributed by atoms with van der Waals surface area (Å²) < 4.78 is 0. The average molecular weight is 516 g/mol. The molecule has 0 aromatic heterocycles. The predicted octanol–water partition coefficient (Wildman–Crippen LogP) is 6.60. The lowest BCUT2D eigenvalue weighted by Crippen LogP contribution is -2.51. The van der Waals surface area contributed by atoms with Gasteiger partial charge < -0.3 is 10.2 Å². The quantitative estimate of drug-likeness (QED) is 0.367.